The summed E-state index contributed by atoms with van der Waals surface area (Å²) in [4.78, 5) is 28.2. The first-order valence-electron chi connectivity index (χ1n) is 12.9. The zero-order valence-electron chi connectivity index (χ0n) is 23.8. The maximum atomic E-state index is 14.5. The number of benzene rings is 1. The molecule has 1 saturated heterocycles. The van der Waals surface area contributed by atoms with Crippen molar-refractivity contribution in [1.82, 2.24) is 20.0 Å². The van der Waals surface area contributed by atoms with E-state index in [9.17, 15) is 14.0 Å². The second-order valence-corrected chi connectivity index (χ2v) is 12.2. The van der Waals surface area contributed by atoms with Crippen LogP contribution in [-0.2, 0) is 19.6 Å². The van der Waals surface area contributed by atoms with E-state index in [4.69, 9.17) is 19.3 Å². The summed E-state index contributed by atoms with van der Waals surface area (Å²) < 4.78 is 32.3. The van der Waals surface area contributed by atoms with E-state index in [2.05, 4.69) is 10.6 Å². The molecule has 1 atom stereocenters. The lowest BCUT2D eigenvalue weighted by atomic mass is 9.79. The number of carbonyl (C=O) groups excluding carboxylic acids is 2. The third-order valence-electron chi connectivity index (χ3n) is 7.02. The zero-order chi connectivity index (χ0) is 28.7. The fraction of sp³-hybridized carbons (Fsp3) is 0.593. The number of methoxy groups -OCH3 is 2. The average Bonchev–Trinajstić information content (AvgIpc) is 3.21. The van der Waals surface area contributed by atoms with Crippen molar-refractivity contribution in [2.75, 3.05) is 44.1 Å². The van der Waals surface area contributed by atoms with Crippen LogP contribution in [0.4, 0.5) is 19.8 Å². The summed E-state index contributed by atoms with van der Waals surface area (Å²) in [6.45, 7) is 11.4. The normalized spacial score (nSPS) is 18.1. The van der Waals surface area contributed by atoms with Crippen LogP contribution in [0.15, 0.2) is 12.1 Å². The summed E-state index contributed by atoms with van der Waals surface area (Å²) in [6.07, 6.45) is -1.04. The maximum Gasteiger partial charge on any atom is 0.410 e. The Morgan fingerprint density at radius 1 is 1.21 bits per heavy atom. The van der Waals surface area contributed by atoms with E-state index < -0.39 is 30.1 Å². The number of hydrogen-bond donors (Lipinski definition) is 2. The Morgan fingerprint density at radius 3 is 2.33 bits per heavy atom. The van der Waals surface area contributed by atoms with Gasteiger partial charge in [0.2, 0.25) is 0 Å². The van der Waals surface area contributed by atoms with Crippen molar-refractivity contribution in [1.29, 1.82) is 0 Å². The van der Waals surface area contributed by atoms with E-state index in [0.717, 1.165) is 22.8 Å². The molecule has 2 aromatic rings. The molecule has 3 heterocycles. The second kappa shape index (κ2) is 11.0. The van der Waals surface area contributed by atoms with Crippen LogP contribution >= 0.6 is 11.8 Å². The third-order valence-corrected chi connectivity index (χ3v) is 8.53. The predicted molar refractivity (Wildman–Crippen MR) is 148 cm³/mol. The first-order chi connectivity index (χ1) is 18.3. The molecule has 0 radical (unpaired) electrons. The number of nitrogens with one attached hydrogen (secondary N) is 2. The van der Waals surface area contributed by atoms with Crippen LogP contribution in [0.25, 0.3) is 5.69 Å². The number of aromatic nitrogens is 2. The minimum atomic E-state index is -0.661. The SMILES string of the molecule is COC(CNC(=O)Nc1c2c(nn1-c1cc(C)c(F)c(C)c1)C1(CSC1)CN(C(=O)OC(C)(C)C)[C@H]2C)OC. The lowest BCUT2D eigenvalue weighted by Gasteiger charge is -2.49. The van der Waals surface area contributed by atoms with E-state index >= 15 is 0 Å². The molecular formula is C27H38FN5O5S. The fourth-order valence-electron chi connectivity index (χ4n) is 4.97. The van der Waals surface area contributed by atoms with Gasteiger partial charge in [-0.25, -0.2) is 18.7 Å². The number of amides is 3. The lowest BCUT2D eigenvalue weighted by Crippen LogP contribution is -2.56. The smallest absolute Gasteiger partial charge is 0.410 e. The molecule has 1 spiro atoms. The predicted octanol–water partition coefficient (Wildman–Crippen LogP) is 4.66. The lowest BCUT2D eigenvalue weighted by molar-refractivity contribution is -0.0970. The summed E-state index contributed by atoms with van der Waals surface area (Å²) >= 11 is 1.78. The van der Waals surface area contributed by atoms with Crippen molar-refractivity contribution >= 4 is 29.7 Å². The second-order valence-electron chi connectivity index (χ2n) is 11.2. The minimum absolute atomic E-state index is 0.115. The van der Waals surface area contributed by atoms with Crippen LogP contribution in [0.1, 0.15) is 56.1 Å². The zero-order valence-corrected chi connectivity index (χ0v) is 24.6. The summed E-state index contributed by atoms with van der Waals surface area (Å²) in [5, 5.41) is 10.7. The van der Waals surface area contributed by atoms with E-state index in [1.54, 1.807) is 47.3 Å². The fourth-order valence-corrected chi connectivity index (χ4v) is 6.13. The third kappa shape index (κ3) is 5.73. The van der Waals surface area contributed by atoms with E-state index in [-0.39, 0.29) is 17.8 Å². The van der Waals surface area contributed by atoms with Gasteiger partial charge in [0, 0.05) is 37.8 Å². The molecule has 0 unspecified atom stereocenters. The number of anilines is 1. The monoisotopic (exact) mass is 563 g/mol. The summed E-state index contributed by atoms with van der Waals surface area (Å²) in [6, 6.07) is 2.47. The van der Waals surface area contributed by atoms with Crippen LogP contribution in [0, 0.1) is 19.7 Å². The van der Waals surface area contributed by atoms with Gasteiger partial charge in [-0.3, -0.25) is 5.32 Å². The van der Waals surface area contributed by atoms with E-state index in [1.165, 1.54) is 14.2 Å². The van der Waals surface area contributed by atoms with Crippen LogP contribution < -0.4 is 10.6 Å². The van der Waals surface area contributed by atoms with Gasteiger partial charge in [-0.05, 0) is 64.8 Å². The summed E-state index contributed by atoms with van der Waals surface area (Å²) in [5.41, 5.74) is 2.06. The summed E-state index contributed by atoms with van der Waals surface area (Å²) in [7, 11) is 2.98. The molecule has 214 valence electrons. The molecule has 10 nitrogen and oxygen atoms in total. The van der Waals surface area contributed by atoms with E-state index in [1.807, 2.05) is 27.7 Å². The van der Waals surface area contributed by atoms with Gasteiger partial charge in [0.1, 0.15) is 17.2 Å². The van der Waals surface area contributed by atoms with Crippen molar-refractivity contribution in [2.24, 2.45) is 0 Å². The molecule has 12 heteroatoms. The van der Waals surface area contributed by atoms with Crippen molar-refractivity contribution in [3.8, 4) is 5.69 Å². The van der Waals surface area contributed by atoms with Gasteiger partial charge in [-0.1, -0.05) is 0 Å². The highest BCUT2D eigenvalue weighted by atomic mass is 32.2. The molecule has 2 N–H and O–H groups in total. The summed E-state index contributed by atoms with van der Waals surface area (Å²) in [5.74, 6) is 1.68. The van der Waals surface area contributed by atoms with Crippen LogP contribution in [0.5, 0.6) is 0 Å². The Labute approximate surface area is 232 Å². The number of fused-ring (bicyclic) bond motifs is 2. The average molecular weight is 564 g/mol. The number of aryl methyl sites for hydroxylation is 2. The van der Waals surface area contributed by atoms with Gasteiger partial charge in [0.05, 0.1) is 29.4 Å². The van der Waals surface area contributed by atoms with Crippen molar-refractivity contribution < 1.29 is 28.2 Å². The Hall–Kier alpha value is -2.83. The molecule has 0 aliphatic carbocycles. The van der Waals surface area contributed by atoms with Crippen molar-refractivity contribution in [2.45, 2.75) is 64.9 Å². The Balaban J connectivity index is 1.82. The number of thioether (sulfide) groups is 1. The molecule has 39 heavy (non-hydrogen) atoms. The van der Waals surface area contributed by atoms with Gasteiger partial charge in [0.15, 0.2) is 6.29 Å². The molecule has 1 aromatic carbocycles. The van der Waals surface area contributed by atoms with Crippen LogP contribution in [-0.4, -0.2) is 77.5 Å². The quantitative estimate of drug-likeness (QED) is 0.492. The first-order valence-corrected chi connectivity index (χ1v) is 14.0. The molecule has 4 rings (SSSR count). The molecule has 3 amide bonds. The first kappa shape index (κ1) is 29.2. The highest BCUT2D eigenvalue weighted by Crippen LogP contribution is 2.51. The Kier molecular flexibility index (Phi) is 8.21. The highest BCUT2D eigenvalue weighted by Gasteiger charge is 2.52. The van der Waals surface area contributed by atoms with Gasteiger partial charge < -0.3 is 24.4 Å². The molecule has 2 aliphatic heterocycles. The van der Waals surface area contributed by atoms with Gasteiger partial charge in [-0.15, -0.1) is 0 Å². The van der Waals surface area contributed by atoms with Gasteiger partial charge in [0.25, 0.3) is 0 Å². The molecule has 1 aromatic heterocycles. The number of ether oxygens (including phenoxy) is 3. The molecule has 1 fully saturated rings. The number of hydrogen-bond acceptors (Lipinski definition) is 7. The number of halogens is 1. The number of carbonyl (C=O) groups is 2. The molecular weight excluding hydrogens is 525 g/mol. The number of nitrogens with zero attached hydrogens (tertiary/aromatic N) is 3. The van der Waals surface area contributed by atoms with E-state index in [0.29, 0.717) is 29.2 Å². The molecule has 2 aliphatic rings. The minimum Gasteiger partial charge on any atom is -0.444 e. The van der Waals surface area contributed by atoms with Crippen molar-refractivity contribution in [3.05, 3.63) is 40.3 Å². The molecule has 0 bridgehead atoms. The van der Waals surface area contributed by atoms with Crippen LogP contribution in [0.3, 0.4) is 0 Å². The van der Waals surface area contributed by atoms with Crippen molar-refractivity contribution in [3.63, 3.8) is 0 Å². The standard InChI is InChI=1S/C27H38FN5O5S/c1-15-9-18(10-16(2)21(15)28)33-23(30-24(34)29-11-19(36-7)37-8)20-17(3)32(25(35)38-26(4,5)6)12-27(13-39-14-27)22(20)31-33/h9-10,17,19H,11-14H2,1-8H3,(H2,29,30,34)/t17-/m0/s1. The topological polar surface area (TPSA) is 107 Å². The Morgan fingerprint density at radius 2 is 1.82 bits per heavy atom. The van der Waals surface area contributed by atoms with Crippen LogP contribution in [0.2, 0.25) is 0 Å². The maximum absolute atomic E-state index is 14.5. The van der Waals surface area contributed by atoms with Gasteiger partial charge >= 0.3 is 12.1 Å². The number of urea groups is 1. The van der Waals surface area contributed by atoms with Gasteiger partial charge in [-0.2, -0.15) is 16.9 Å². The highest BCUT2D eigenvalue weighted by molar-refractivity contribution is 8.00. The Bertz CT molecular complexity index is 1230. The number of rotatable bonds is 6. The molecule has 0 saturated carbocycles. The largest absolute Gasteiger partial charge is 0.444 e.